The molecule has 0 spiro atoms. The Balaban J connectivity index is 2.30. The molecule has 2 aromatic carbocycles. The van der Waals surface area contributed by atoms with Crippen LogP contribution < -0.4 is 9.47 Å². The highest BCUT2D eigenvalue weighted by Gasteiger charge is 2.47. The van der Waals surface area contributed by atoms with Crippen molar-refractivity contribution in [2.24, 2.45) is 11.8 Å². The molecule has 0 aromatic heterocycles. The van der Waals surface area contributed by atoms with Crippen molar-refractivity contribution < 1.29 is 51.9 Å². The number of methoxy groups -OCH3 is 1. The lowest BCUT2D eigenvalue weighted by atomic mass is 9.86. The molecule has 0 saturated carbocycles. The lowest BCUT2D eigenvalue weighted by Crippen LogP contribution is -2.55. The van der Waals surface area contributed by atoms with E-state index in [1.165, 1.54) is 24.3 Å². The van der Waals surface area contributed by atoms with Crippen LogP contribution in [-0.4, -0.2) is 46.1 Å². The number of rotatable bonds is 14. The SMILES string of the molecule is COc1c(F)c(F)c(F)c(F)c1Cc1ccc(OC(O)(C(=O)C(CCCC(C)C)CC(=O)O)C(C)O)cc1. The van der Waals surface area contributed by atoms with Crippen LogP contribution in [0.25, 0.3) is 0 Å². The van der Waals surface area contributed by atoms with Gasteiger partial charge in [0, 0.05) is 17.9 Å². The van der Waals surface area contributed by atoms with Gasteiger partial charge < -0.3 is 24.8 Å². The van der Waals surface area contributed by atoms with E-state index < -0.39 is 77.0 Å². The second kappa shape index (κ2) is 13.1. The van der Waals surface area contributed by atoms with Crippen LogP contribution in [0, 0.1) is 35.1 Å². The third-order valence-corrected chi connectivity index (χ3v) is 6.14. The van der Waals surface area contributed by atoms with Gasteiger partial charge in [0.15, 0.2) is 17.4 Å². The number of aliphatic hydroxyl groups excluding tert-OH is 1. The standard InChI is InChI=1S/C27H32F4O7/c1-14(2)6-5-7-17(13-20(33)34)26(35)27(36,15(3)32)38-18-10-8-16(9-11-18)12-19-21(28)22(29)23(30)24(31)25(19)37-4/h8-11,14-15,17,32,36H,5-7,12-13H2,1-4H3,(H,33,34). The Morgan fingerprint density at radius 2 is 1.53 bits per heavy atom. The third-order valence-electron chi connectivity index (χ3n) is 6.14. The number of halogens is 4. The van der Waals surface area contributed by atoms with Crippen molar-refractivity contribution in [2.75, 3.05) is 7.11 Å². The van der Waals surface area contributed by atoms with Crippen LogP contribution >= 0.6 is 0 Å². The van der Waals surface area contributed by atoms with Crippen LogP contribution in [0.4, 0.5) is 17.6 Å². The molecule has 0 aliphatic carbocycles. The Morgan fingerprint density at radius 1 is 0.947 bits per heavy atom. The molecule has 0 amide bonds. The molecule has 2 aromatic rings. The number of ether oxygens (including phenoxy) is 2. The van der Waals surface area contributed by atoms with Gasteiger partial charge in [0.2, 0.25) is 17.4 Å². The Hall–Kier alpha value is -3.18. The van der Waals surface area contributed by atoms with Crippen molar-refractivity contribution in [3.63, 3.8) is 0 Å². The maximum Gasteiger partial charge on any atom is 0.304 e. The van der Waals surface area contributed by atoms with Crippen LogP contribution in [0.15, 0.2) is 24.3 Å². The zero-order valence-corrected chi connectivity index (χ0v) is 21.6. The number of hydrogen-bond donors (Lipinski definition) is 3. The van der Waals surface area contributed by atoms with E-state index in [0.717, 1.165) is 20.5 Å². The normalized spacial score (nSPS) is 14.6. The van der Waals surface area contributed by atoms with E-state index in [4.69, 9.17) is 9.47 Å². The highest BCUT2D eigenvalue weighted by atomic mass is 19.2. The zero-order chi connectivity index (χ0) is 28.8. The first kappa shape index (κ1) is 31.0. The molecule has 0 radical (unpaired) electrons. The molecule has 210 valence electrons. The lowest BCUT2D eigenvalue weighted by Gasteiger charge is -2.33. The molecule has 3 unspecified atom stereocenters. The first-order valence-corrected chi connectivity index (χ1v) is 12.1. The van der Waals surface area contributed by atoms with Crippen LogP contribution in [0.2, 0.25) is 0 Å². The summed E-state index contributed by atoms with van der Waals surface area (Å²) in [5.41, 5.74) is -0.282. The molecule has 0 saturated heterocycles. The smallest absolute Gasteiger partial charge is 0.304 e. The molecular formula is C27H32F4O7. The summed E-state index contributed by atoms with van der Waals surface area (Å²) < 4.78 is 65.8. The fraction of sp³-hybridized carbons (Fsp3) is 0.481. The van der Waals surface area contributed by atoms with Crippen molar-refractivity contribution >= 4 is 11.8 Å². The van der Waals surface area contributed by atoms with Crippen molar-refractivity contribution in [1.82, 2.24) is 0 Å². The van der Waals surface area contributed by atoms with Gasteiger partial charge in [-0.05, 0) is 37.0 Å². The monoisotopic (exact) mass is 544 g/mol. The minimum absolute atomic E-state index is 0.106. The maximum atomic E-state index is 14.3. The fourth-order valence-electron chi connectivity index (χ4n) is 4.03. The van der Waals surface area contributed by atoms with E-state index in [0.29, 0.717) is 12.3 Å². The average molecular weight is 545 g/mol. The Morgan fingerprint density at radius 3 is 2.03 bits per heavy atom. The predicted molar refractivity (Wildman–Crippen MR) is 129 cm³/mol. The molecular weight excluding hydrogens is 512 g/mol. The van der Waals surface area contributed by atoms with Crippen LogP contribution in [0.5, 0.6) is 11.5 Å². The van der Waals surface area contributed by atoms with Gasteiger partial charge in [-0.1, -0.05) is 38.8 Å². The molecule has 0 heterocycles. The number of ketones is 1. The van der Waals surface area contributed by atoms with E-state index in [1.807, 2.05) is 13.8 Å². The summed E-state index contributed by atoms with van der Waals surface area (Å²) >= 11 is 0. The van der Waals surface area contributed by atoms with E-state index in [2.05, 4.69) is 0 Å². The number of carbonyl (C=O) groups excluding carboxylic acids is 1. The second-order valence-electron chi connectivity index (χ2n) is 9.55. The van der Waals surface area contributed by atoms with E-state index in [-0.39, 0.29) is 17.7 Å². The van der Waals surface area contributed by atoms with Gasteiger partial charge in [-0.25, -0.2) is 13.2 Å². The average Bonchev–Trinajstić information content (AvgIpc) is 2.85. The number of hydrogen-bond acceptors (Lipinski definition) is 6. The summed E-state index contributed by atoms with van der Waals surface area (Å²) in [6.07, 6.45) is -1.28. The molecule has 3 N–H and O–H groups in total. The summed E-state index contributed by atoms with van der Waals surface area (Å²) in [4.78, 5) is 24.5. The van der Waals surface area contributed by atoms with E-state index >= 15 is 0 Å². The molecule has 0 aliphatic rings. The molecule has 0 bridgehead atoms. The predicted octanol–water partition coefficient (Wildman–Crippen LogP) is 4.78. The molecule has 2 rings (SSSR count). The fourth-order valence-corrected chi connectivity index (χ4v) is 4.03. The van der Waals surface area contributed by atoms with Gasteiger partial charge in [-0.2, -0.15) is 4.39 Å². The topological polar surface area (TPSA) is 113 Å². The number of Topliss-reactive ketones (excluding diaryl/α,β-unsaturated/α-hetero) is 1. The number of carbonyl (C=O) groups is 2. The van der Waals surface area contributed by atoms with Crippen LogP contribution in [0.3, 0.4) is 0 Å². The minimum Gasteiger partial charge on any atom is -0.493 e. The van der Waals surface area contributed by atoms with E-state index in [1.54, 1.807) is 0 Å². The third kappa shape index (κ3) is 7.22. The second-order valence-corrected chi connectivity index (χ2v) is 9.55. The number of carboxylic acid groups (broad SMARTS) is 1. The quantitative estimate of drug-likeness (QED) is 0.136. The highest BCUT2D eigenvalue weighted by molar-refractivity contribution is 5.91. The first-order valence-electron chi connectivity index (χ1n) is 12.1. The Labute approximate surface area is 218 Å². The summed E-state index contributed by atoms with van der Waals surface area (Å²) in [7, 11) is 0.976. The number of carboxylic acids is 1. The minimum atomic E-state index is -2.77. The molecule has 0 fully saturated rings. The van der Waals surface area contributed by atoms with Crippen molar-refractivity contribution in [1.29, 1.82) is 0 Å². The molecule has 38 heavy (non-hydrogen) atoms. The van der Waals surface area contributed by atoms with E-state index in [9.17, 15) is 42.5 Å². The van der Waals surface area contributed by atoms with Crippen molar-refractivity contribution in [2.45, 2.75) is 64.8 Å². The number of aliphatic carboxylic acids is 1. The van der Waals surface area contributed by atoms with Crippen LogP contribution in [-0.2, 0) is 16.0 Å². The van der Waals surface area contributed by atoms with Gasteiger partial charge in [0.1, 0.15) is 11.9 Å². The van der Waals surface area contributed by atoms with Gasteiger partial charge in [0.25, 0.3) is 5.79 Å². The zero-order valence-electron chi connectivity index (χ0n) is 21.6. The Kier molecular flexibility index (Phi) is 10.7. The lowest BCUT2D eigenvalue weighted by molar-refractivity contribution is -0.207. The molecule has 0 aliphatic heterocycles. The number of benzene rings is 2. The molecule has 3 atom stereocenters. The first-order chi connectivity index (χ1) is 17.7. The summed E-state index contributed by atoms with van der Waals surface area (Å²) in [5.74, 6) is -14.0. The van der Waals surface area contributed by atoms with Crippen molar-refractivity contribution in [3.05, 3.63) is 58.7 Å². The van der Waals surface area contributed by atoms with Gasteiger partial charge in [0.05, 0.1) is 13.5 Å². The summed E-state index contributed by atoms with van der Waals surface area (Å²) in [6, 6.07) is 5.17. The number of aliphatic hydroxyl groups is 2. The molecule has 7 nitrogen and oxygen atoms in total. The highest BCUT2D eigenvalue weighted by Crippen LogP contribution is 2.33. The summed E-state index contributed by atoms with van der Waals surface area (Å²) in [6.45, 7) is 5.06. The van der Waals surface area contributed by atoms with Gasteiger partial charge in [-0.15, -0.1) is 0 Å². The molecule has 11 heteroatoms. The Bertz CT molecular complexity index is 1140. The van der Waals surface area contributed by atoms with Gasteiger partial charge >= 0.3 is 5.97 Å². The maximum absolute atomic E-state index is 14.3. The van der Waals surface area contributed by atoms with Crippen LogP contribution in [0.1, 0.15) is 57.6 Å². The summed E-state index contributed by atoms with van der Waals surface area (Å²) in [5, 5.41) is 30.5. The largest absolute Gasteiger partial charge is 0.493 e. The van der Waals surface area contributed by atoms with Crippen molar-refractivity contribution in [3.8, 4) is 11.5 Å². The van der Waals surface area contributed by atoms with Gasteiger partial charge in [-0.3, -0.25) is 9.59 Å².